The van der Waals surface area contributed by atoms with Crippen molar-refractivity contribution in [3.8, 4) is 0 Å². The molecule has 0 radical (unpaired) electrons. The Hall–Kier alpha value is -1.61. The van der Waals surface area contributed by atoms with Gasteiger partial charge in [-0.3, -0.25) is 4.99 Å². The summed E-state index contributed by atoms with van der Waals surface area (Å²) in [6, 6.07) is 9.30. The Labute approximate surface area is 141 Å². The molecule has 0 aliphatic heterocycles. The van der Waals surface area contributed by atoms with Crippen LogP contribution in [-0.4, -0.2) is 24.3 Å². The number of benzene rings is 1. The van der Waals surface area contributed by atoms with Crippen molar-refractivity contribution in [3.05, 3.63) is 48.2 Å². The van der Waals surface area contributed by atoms with Crippen LogP contribution < -0.4 is 5.73 Å². The van der Waals surface area contributed by atoms with Gasteiger partial charge in [0.05, 0.1) is 6.34 Å². The van der Waals surface area contributed by atoms with Gasteiger partial charge in [-0.25, -0.2) is 0 Å². The highest BCUT2D eigenvalue weighted by molar-refractivity contribution is 5.56. The predicted octanol–water partition coefficient (Wildman–Crippen LogP) is 4.18. The van der Waals surface area contributed by atoms with E-state index in [2.05, 4.69) is 61.5 Å². The zero-order chi connectivity index (χ0) is 17.1. The minimum absolute atomic E-state index is 0.154. The van der Waals surface area contributed by atoms with Gasteiger partial charge in [0.2, 0.25) is 0 Å². The molecule has 1 aromatic carbocycles. The van der Waals surface area contributed by atoms with Gasteiger partial charge in [-0.2, -0.15) is 0 Å². The van der Waals surface area contributed by atoms with Crippen LogP contribution in [0.25, 0.3) is 0 Å². The van der Waals surface area contributed by atoms with Crippen LogP contribution in [0, 0.1) is 0 Å². The Morgan fingerprint density at radius 2 is 1.96 bits per heavy atom. The lowest BCUT2D eigenvalue weighted by Gasteiger charge is -2.40. The average molecular weight is 313 g/mol. The summed E-state index contributed by atoms with van der Waals surface area (Å²) < 4.78 is 0. The lowest BCUT2D eigenvalue weighted by atomic mass is 9.74. The lowest BCUT2D eigenvalue weighted by Crippen LogP contribution is -2.45. The minimum Gasteiger partial charge on any atom is -0.337 e. The van der Waals surface area contributed by atoms with E-state index in [0.29, 0.717) is 6.04 Å². The quantitative estimate of drug-likeness (QED) is 0.669. The third-order valence-electron chi connectivity index (χ3n) is 5.03. The Morgan fingerprint density at radius 3 is 2.48 bits per heavy atom. The standard InChI is InChI=1S/C20H31N3/c1-6-23(15-22-5)18-10-12-20(21,13-11-18)17-9-7-8-16(14-17)19(2,3)4/h6-9,14-15,18H,1,10-13,21H2,2-5H3. The lowest BCUT2D eigenvalue weighted by molar-refractivity contribution is 0.217. The van der Waals surface area contributed by atoms with E-state index in [0.717, 1.165) is 25.7 Å². The van der Waals surface area contributed by atoms with Crippen LogP contribution in [0.15, 0.2) is 42.0 Å². The van der Waals surface area contributed by atoms with Crippen molar-refractivity contribution >= 4 is 6.34 Å². The van der Waals surface area contributed by atoms with E-state index >= 15 is 0 Å². The van der Waals surface area contributed by atoms with E-state index in [1.165, 1.54) is 11.1 Å². The third kappa shape index (κ3) is 4.03. The molecule has 1 aliphatic carbocycles. The molecule has 0 saturated heterocycles. The summed E-state index contributed by atoms with van der Waals surface area (Å²) >= 11 is 0. The maximum absolute atomic E-state index is 6.79. The van der Waals surface area contributed by atoms with Crippen molar-refractivity contribution in [2.45, 2.75) is 63.5 Å². The Balaban J connectivity index is 2.15. The normalized spacial score (nSPS) is 25.5. The van der Waals surface area contributed by atoms with E-state index in [9.17, 15) is 0 Å². The molecular weight excluding hydrogens is 282 g/mol. The number of aliphatic imine (C=N–C) groups is 1. The summed E-state index contributed by atoms with van der Waals surface area (Å²) in [6.07, 6.45) is 7.84. The molecule has 1 aliphatic rings. The van der Waals surface area contributed by atoms with Gasteiger partial charge in [-0.15, -0.1) is 0 Å². The molecule has 0 spiro atoms. The molecule has 0 heterocycles. The maximum atomic E-state index is 6.79. The summed E-state index contributed by atoms with van der Waals surface area (Å²) in [4.78, 5) is 6.23. The Kier molecular flexibility index (Phi) is 5.30. The van der Waals surface area contributed by atoms with Crippen LogP contribution in [0.5, 0.6) is 0 Å². The monoisotopic (exact) mass is 313 g/mol. The van der Waals surface area contributed by atoms with Crippen LogP contribution in [0.4, 0.5) is 0 Å². The molecule has 0 atom stereocenters. The number of nitrogens with two attached hydrogens (primary N) is 1. The van der Waals surface area contributed by atoms with Crippen LogP contribution in [0.2, 0.25) is 0 Å². The van der Waals surface area contributed by atoms with Gasteiger partial charge in [0.15, 0.2) is 0 Å². The Bertz CT molecular complexity index is 560. The second-order valence-electron chi connectivity index (χ2n) is 7.72. The molecule has 0 unspecified atom stereocenters. The average Bonchev–Trinajstić information content (AvgIpc) is 2.53. The number of hydrogen-bond donors (Lipinski definition) is 1. The van der Waals surface area contributed by atoms with Crippen LogP contribution in [0.3, 0.4) is 0 Å². The van der Waals surface area contributed by atoms with E-state index in [4.69, 9.17) is 5.73 Å². The van der Waals surface area contributed by atoms with Gasteiger partial charge >= 0.3 is 0 Å². The van der Waals surface area contributed by atoms with Gasteiger partial charge in [0.25, 0.3) is 0 Å². The van der Waals surface area contributed by atoms with E-state index in [-0.39, 0.29) is 11.0 Å². The number of nitrogens with zero attached hydrogens (tertiary/aromatic N) is 2. The zero-order valence-electron chi connectivity index (χ0n) is 15.0. The fraction of sp³-hybridized carbons (Fsp3) is 0.550. The summed E-state index contributed by atoms with van der Waals surface area (Å²) in [5.41, 5.74) is 9.36. The molecule has 0 aromatic heterocycles. The molecule has 23 heavy (non-hydrogen) atoms. The first-order chi connectivity index (χ1) is 10.8. The molecule has 0 amide bonds. The molecular formula is C20H31N3. The highest BCUT2D eigenvalue weighted by Gasteiger charge is 2.35. The topological polar surface area (TPSA) is 41.6 Å². The Morgan fingerprint density at radius 1 is 1.30 bits per heavy atom. The number of hydrogen-bond acceptors (Lipinski definition) is 2. The molecule has 2 rings (SSSR count). The van der Waals surface area contributed by atoms with Crippen molar-refractivity contribution in [2.75, 3.05) is 7.05 Å². The highest BCUT2D eigenvalue weighted by Crippen LogP contribution is 2.37. The fourth-order valence-electron chi connectivity index (χ4n) is 3.42. The molecule has 126 valence electrons. The van der Waals surface area contributed by atoms with E-state index in [1.54, 1.807) is 7.05 Å². The molecule has 3 nitrogen and oxygen atoms in total. The first-order valence-corrected chi connectivity index (χ1v) is 8.52. The fourth-order valence-corrected chi connectivity index (χ4v) is 3.42. The van der Waals surface area contributed by atoms with Crippen molar-refractivity contribution in [1.82, 2.24) is 4.90 Å². The number of rotatable bonds is 4. The highest BCUT2D eigenvalue weighted by atomic mass is 15.2. The second kappa shape index (κ2) is 6.88. The summed E-state index contributed by atoms with van der Waals surface area (Å²) in [5, 5.41) is 0. The second-order valence-corrected chi connectivity index (χ2v) is 7.72. The van der Waals surface area contributed by atoms with Crippen LogP contribution in [-0.2, 0) is 11.0 Å². The summed E-state index contributed by atoms with van der Waals surface area (Å²) in [7, 11) is 1.80. The predicted molar refractivity (Wildman–Crippen MR) is 99.7 cm³/mol. The van der Waals surface area contributed by atoms with Gasteiger partial charge < -0.3 is 10.6 Å². The molecule has 1 saturated carbocycles. The van der Waals surface area contributed by atoms with E-state index < -0.39 is 0 Å². The van der Waals surface area contributed by atoms with Gasteiger partial charge in [0, 0.05) is 18.6 Å². The molecule has 1 fully saturated rings. The van der Waals surface area contributed by atoms with Gasteiger partial charge in [-0.1, -0.05) is 51.6 Å². The van der Waals surface area contributed by atoms with E-state index in [1.807, 2.05) is 12.5 Å². The summed E-state index contributed by atoms with van der Waals surface area (Å²) in [6.45, 7) is 10.6. The SMILES string of the molecule is C=CN(C=NC)C1CCC(N)(c2cccc(C(C)(C)C)c2)CC1. The van der Waals surface area contributed by atoms with Gasteiger partial charge in [0.1, 0.15) is 0 Å². The minimum atomic E-state index is -0.214. The van der Waals surface area contributed by atoms with Crippen molar-refractivity contribution in [1.29, 1.82) is 0 Å². The molecule has 1 aromatic rings. The first kappa shape index (κ1) is 17.7. The van der Waals surface area contributed by atoms with Crippen molar-refractivity contribution in [2.24, 2.45) is 10.7 Å². The van der Waals surface area contributed by atoms with Gasteiger partial charge in [-0.05, 0) is 48.4 Å². The van der Waals surface area contributed by atoms with Crippen molar-refractivity contribution in [3.63, 3.8) is 0 Å². The first-order valence-electron chi connectivity index (χ1n) is 8.52. The molecule has 3 heteroatoms. The van der Waals surface area contributed by atoms with Crippen molar-refractivity contribution < 1.29 is 0 Å². The van der Waals surface area contributed by atoms with Crippen LogP contribution in [0.1, 0.15) is 57.6 Å². The maximum Gasteiger partial charge on any atom is 0.0888 e. The zero-order valence-corrected chi connectivity index (χ0v) is 15.0. The molecule has 0 bridgehead atoms. The molecule has 2 N–H and O–H groups in total. The third-order valence-corrected chi connectivity index (χ3v) is 5.03. The smallest absolute Gasteiger partial charge is 0.0888 e. The summed E-state index contributed by atoms with van der Waals surface area (Å²) in [5.74, 6) is 0. The van der Waals surface area contributed by atoms with Crippen LogP contribution >= 0.6 is 0 Å². The largest absolute Gasteiger partial charge is 0.337 e.